The van der Waals surface area contributed by atoms with E-state index in [0.717, 1.165) is 43.6 Å². The van der Waals surface area contributed by atoms with Crippen molar-refractivity contribution in [1.29, 1.82) is 0 Å². The first-order chi connectivity index (χ1) is 9.06. The van der Waals surface area contributed by atoms with Crippen LogP contribution in [0.15, 0.2) is 6.07 Å². The molecule has 1 aromatic heterocycles. The molecule has 1 aromatic rings. The maximum atomic E-state index is 10.8. The molecule has 2 unspecified atom stereocenters. The summed E-state index contributed by atoms with van der Waals surface area (Å²) in [6, 6.07) is 2.09. The Morgan fingerprint density at radius 2 is 2.32 bits per heavy atom. The van der Waals surface area contributed by atoms with Crippen LogP contribution in [0.4, 0.5) is 0 Å². The summed E-state index contributed by atoms with van der Waals surface area (Å²) in [5.41, 5.74) is 1.54. The minimum Gasteiger partial charge on any atom is -0.389 e. The van der Waals surface area contributed by atoms with E-state index < -0.39 is 5.60 Å². The number of rotatable bonds is 5. The number of ether oxygens (including phenoxy) is 1. The lowest BCUT2D eigenvalue weighted by molar-refractivity contribution is -0.105. The maximum Gasteiger partial charge on any atom is 0.0749 e. The van der Waals surface area contributed by atoms with Crippen molar-refractivity contribution in [3.05, 3.63) is 17.5 Å². The summed E-state index contributed by atoms with van der Waals surface area (Å²) < 4.78 is 7.73. The lowest BCUT2D eigenvalue weighted by atomic mass is 9.85. The van der Waals surface area contributed by atoms with Gasteiger partial charge in [0.05, 0.1) is 17.4 Å². The first-order valence-corrected chi connectivity index (χ1v) is 7.43. The van der Waals surface area contributed by atoms with Gasteiger partial charge in [-0.15, -0.1) is 0 Å². The number of hydrogen-bond donors (Lipinski definition) is 1. The molecule has 2 rings (SSSR count). The molecule has 108 valence electrons. The van der Waals surface area contributed by atoms with Gasteiger partial charge < -0.3 is 9.84 Å². The van der Waals surface area contributed by atoms with Gasteiger partial charge in [0, 0.05) is 31.7 Å². The van der Waals surface area contributed by atoms with Crippen molar-refractivity contribution in [2.24, 2.45) is 0 Å². The van der Waals surface area contributed by atoms with E-state index in [-0.39, 0.29) is 6.10 Å². The summed E-state index contributed by atoms with van der Waals surface area (Å²) in [6.07, 6.45) is 4.50. The number of aliphatic hydroxyl groups is 1. The zero-order valence-electron chi connectivity index (χ0n) is 12.4. The van der Waals surface area contributed by atoms with Crippen LogP contribution < -0.4 is 0 Å². The van der Waals surface area contributed by atoms with Gasteiger partial charge in [0.15, 0.2) is 0 Å². The third kappa shape index (κ3) is 3.57. The van der Waals surface area contributed by atoms with Gasteiger partial charge in [-0.2, -0.15) is 5.10 Å². The van der Waals surface area contributed by atoms with Crippen LogP contribution in [0.3, 0.4) is 0 Å². The zero-order valence-corrected chi connectivity index (χ0v) is 12.4. The Balaban J connectivity index is 2.07. The molecule has 0 aromatic carbocycles. The van der Waals surface area contributed by atoms with Crippen LogP contribution in [-0.4, -0.2) is 33.2 Å². The molecule has 0 bridgehead atoms. The molecule has 4 heteroatoms. The van der Waals surface area contributed by atoms with Crippen molar-refractivity contribution in [2.45, 2.75) is 71.1 Å². The van der Waals surface area contributed by atoms with Gasteiger partial charge in [-0.25, -0.2) is 0 Å². The van der Waals surface area contributed by atoms with E-state index in [9.17, 15) is 5.11 Å². The van der Waals surface area contributed by atoms with E-state index in [4.69, 9.17) is 4.74 Å². The molecule has 1 fully saturated rings. The molecule has 0 aliphatic carbocycles. The van der Waals surface area contributed by atoms with Gasteiger partial charge in [-0.1, -0.05) is 13.3 Å². The van der Waals surface area contributed by atoms with Crippen molar-refractivity contribution in [1.82, 2.24) is 9.78 Å². The summed E-state index contributed by atoms with van der Waals surface area (Å²) in [4.78, 5) is 0. The van der Waals surface area contributed by atoms with Crippen LogP contribution in [0.2, 0.25) is 0 Å². The highest BCUT2D eigenvalue weighted by molar-refractivity contribution is 5.12. The number of hydrogen-bond acceptors (Lipinski definition) is 3. The molecule has 0 saturated carbocycles. The SMILES string of the molecule is CCCC1CC(O)(Cc2cc(C)nn2CC)CCO1. The monoisotopic (exact) mass is 266 g/mol. The van der Waals surface area contributed by atoms with E-state index >= 15 is 0 Å². The maximum absolute atomic E-state index is 10.8. The van der Waals surface area contributed by atoms with Crippen molar-refractivity contribution in [2.75, 3.05) is 6.61 Å². The van der Waals surface area contributed by atoms with Gasteiger partial charge >= 0.3 is 0 Å². The second-order valence-corrected chi connectivity index (χ2v) is 5.73. The highest BCUT2D eigenvalue weighted by atomic mass is 16.5. The fourth-order valence-corrected chi connectivity index (χ4v) is 3.02. The van der Waals surface area contributed by atoms with Crippen LogP contribution in [0, 0.1) is 6.92 Å². The predicted molar refractivity (Wildman–Crippen MR) is 75.2 cm³/mol. The number of aromatic nitrogens is 2. The van der Waals surface area contributed by atoms with Crippen molar-refractivity contribution < 1.29 is 9.84 Å². The van der Waals surface area contributed by atoms with E-state index in [1.807, 2.05) is 11.6 Å². The van der Waals surface area contributed by atoms with Crippen LogP contribution >= 0.6 is 0 Å². The Morgan fingerprint density at radius 1 is 1.53 bits per heavy atom. The quantitative estimate of drug-likeness (QED) is 0.890. The van der Waals surface area contributed by atoms with Crippen molar-refractivity contribution in [3.8, 4) is 0 Å². The molecule has 2 atom stereocenters. The topological polar surface area (TPSA) is 47.3 Å². The van der Waals surface area contributed by atoms with Crippen LogP contribution in [-0.2, 0) is 17.7 Å². The minimum atomic E-state index is -0.627. The molecule has 0 amide bonds. The molecule has 0 radical (unpaired) electrons. The second-order valence-electron chi connectivity index (χ2n) is 5.73. The average molecular weight is 266 g/mol. The molecule has 2 heterocycles. The van der Waals surface area contributed by atoms with Gasteiger partial charge in [-0.3, -0.25) is 4.68 Å². The summed E-state index contributed by atoms with van der Waals surface area (Å²) in [5.74, 6) is 0. The Hall–Kier alpha value is -0.870. The largest absolute Gasteiger partial charge is 0.389 e. The Bertz CT molecular complexity index is 414. The van der Waals surface area contributed by atoms with E-state index in [0.29, 0.717) is 13.0 Å². The molecule has 19 heavy (non-hydrogen) atoms. The van der Waals surface area contributed by atoms with Gasteiger partial charge in [0.25, 0.3) is 0 Å². The summed E-state index contributed by atoms with van der Waals surface area (Å²) >= 11 is 0. The lowest BCUT2D eigenvalue weighted by Crippen LogP contribution is -2.43. The predicted octanol–water partition coefficient (Wildman–Crippen LogP) is 2.46. The Labute approximate surface area is 115 Å². The number of nitrogens with zero attached hydrogens (tertiary/aromatic N) is 2. The zero-order chi connectivity index (χ0) is 13.9. The second kappa shape index (κ2) is 6.06. The first kappa shape index (κ1) is 14.5. The lowest BCUT2D eigenvalue weighted by Gasteiger charge is -2.37. The van der Waals surface area contributed by atoms with Crippen molar-refractivity contribution >= 4 is 0 Å². The Kier molecular flexibility index (Phi) is 4.63. The molecule has 1 aliphatic rings. The van der Waals surface area contributed by atoms with Crippen LogP contribution in [0.25, 0.3) is 0 Å². The average Bonchev–Trinajstić information content (AvgIpc) is 2.69. The Morgan fingerprint density at radius 3 is 3.00 bits per heavy atom. The minimum absolute atomic E-state index is 0.211. The normalized spacial score (nSPS) is 27.7. The van der Waals surface area contributed by atoms with Crippen molar-refractivity contribution in [3.63, 3.8) is 0 Å². The van der Waals surface area contributed by atoms with Gasteiger partial charge in [-0.05, 0) is 32.8 Å². The summed E-state index contributed by atoms with van der Waals surface area (Å²) in [5, 5.41) is 15.3. The highest BCUT2D eigenvalue weighted by Crippen LogP contribution is 2.30. The fraction of sp³-hybridized carbons (Fsp3) is 0.800. The molecule has 4 nitrogen and oxygen atoms in total. The van der Waals surface area contributed by atoms with Gasteiger partial charge in [0.2, 0.25) is 0 Å². The standard InChI is InChI=1S/C15H26N2O2/c1-4-6-14-11-15(18,7-8-19-14)10-13-9-12(3)16-17(13)5-2/h9,14,18H,4-8,10-11H2,1-3H3. The summed E-state index contributed by atoms with van der Waals surface area (Å²) in [6.45, 7) is 7.77. The third-order valence-corrected chi connectivity index (χ3v) is 3.93. The molecule has 1 N–H and O–H groups in total. The smallest absolute Gasteiger partial charge is 0.0749 e. The van der Waals surface area contributed by atoms with E-state index in [1.54, 1.807) is 0 Å². The summed E-state index contributed by atoms with van der Waals surface area (Å²) in [7, 11) is 0. The molecule has 0 spiro atoms. The van der Waals surface area contributed by atoms with Crippen LogP contribution in [0.1, 0.15) is 50.9 Å². The van der Waals surface area contributed by atoms with E-state index in [2.05, 4.69) is 25.0 Å². The molecular formula is C15H26N2O2. The molecule has 1 aliphatic heterocycles. The number of aryl methyl sites for hydroxylation is 2. The highest BCUT2D eigenvalue weighted by Gasteiger charge is 2.35. The molecule has 1 saturated heterocycles. The molecular weight excluding hydrogens is 240 g/mol. The van der Waals surface area contributed by atoms with Gasteiger partial charge in [0.1, 0.15) is 0 Å². The fourth-order valence-electron chi connectivity index (χ4n) is 3.02. The third-order valence-electron chi connectivity index (χ3n) is 3.93. The van der Waals surface area contributed by atoms with Crippen LogP contribution in [0.5, 0.6) is 0 Å². The van der Waals surface area contributed by atoms with E-state index in [1.165, 1.54) is 0 Å². The first-order valence-electron chi connectivity index (χ1n) is 7.43.